The van der Waals surface area contributed by atoms with Gasteiger partial charge in [0.2, 0.25) is 0 Å². The molecule has 1 heterocycles. The van der Waals surface area contributed by atoms with E-state index in [2.05, 4.69) is 38.1 Å². The maximum atomic E-state index is 6.17. The summed E-state index contributed by atoms with van der Waals surface area (Å²) >= 11 is 0. The van der Waals surface area contributed by atoms with Crippen LogP contribution >= 0.6 is 0 Å². The highest BCUT2D eigenvalue weighted by molar-refractivity contribution is 5.44. The van der Waals surface area contributed by atoms with Crippen molar-refractivity contribution < 1.29 is 0 Å². The minimum atomic E-state index is 0.239. The predicted molar refractivity (Wildman–Crippen MR) is 75.6 cm³/mol. The second-order valence-electron chi connectivity index (χ2n) is 4.74. The van der Waals surface area contributed by atoms with Crippen LogP contribution in [0.2, 0.25) is 0 Å². The average molecular weight is 243 g/mol. The molecular weight excluding hydrogens is 222 g/mol. The number of rotatable bonds is 4. The molecule has 2 N–H and O–H groups in total. The summed E-state index contributed by atoms with van der Waals surface area (Å²) in [5.41, 5.74) is 8.42. The number of hydrogen-bond acceptors (Lipinski definition) is 2. The Bertz CT molecular complexity index is 514. The average Bonchev–Trinajstić information content (AvgIpc) is 2.68. The molecule has 0 bridgehead atoms. The zero-order valence-corrected chi connectivity index (χ0v) is 11.4. The number of imidazole rings is 1. The Morgan fingerprint density at radius 2 is 1.94 bits per heavy atom. The van der Waals surface area contributed by atoms with E-state index in [1.54, 1.807) is 0 Å². The topological polar surface area (TPSA) is 43.8 Å². The van der Waals surface area contributed by atoms with E-state index in [0.29, 0.717) is 0 Å². The van der Waals surface area contributed by atoms with E-state index in [0.717, 1.165) is 30.2 Å². The standard InChI is InChI=1S/C15H21N3/c1-4-8-13-17-14(15(16)18(13)3)11(2)12-9-6-5-7-10-12/h5-7,9-11H,4,8,16H2,1-3H3. The molecule has 96 valence electrons. The van der Waals surface area contributed by atoms with Gasteiger partial charge in [0.1, 0.15) is 11.6 Å². The van der Waals surface area contributed by atoms with Gasteiger partial charge in [-0.3, -0.25) is 0 Å². The molecule has 1 aromatic carbocycles. The van der Waals surface area contributed by atoms with Crippen LogP contribution in [0.25, 0.3) is 0 Å². The number of nitrogens with zero attached hydrogens (tertiary/aromatic N) is 2. The summed E-state index contributed by atoms with van der Waals surface area (Å²) in [5.74, 6) is 2.10. The predicted octanol–water partition coefficient (Wildman–Crippen LogP) is 3.11. The first-order chi connectivity index (χ1) is 8.65. The second kappa shape index (κ2) is 5.25. The highest BCUT2D eigenvalue weighted by Gasteiger charge is 2.18. The van der Waals surface area contributed by atoms with Crippen molar-refractivity contribution in [3.05, 3.63) is 47.4 Å². The van der Waals surface area contributed by atoms with Gasteiger partial charge in [-0.25, -0.2) is 4.98 Å². The molecule has 18 heavy (non-hydrogen) atoms. The van der Waals surface area contributed by atoms with Crippen LogP contribution in [0.1, 0.15) is 43.3 Å². The lowest BCUT2D eigenvalue weighted by Gasteiger charge is -2.10. The van der Waals surface area contributed by atoms with E-state index < -0.39 is 0 Å². The smallest absolute Gasteiger partial charge is 0.127 e. The molecule has 2 aromatic rings. The second-order valence-corrected chi connectivity index (χ2v) is 4.74. The number of aromatic nitrogens is 2. The van der Waals surface area contributed by atoms with Gasteiger partial charge < -0.3 is 10.3 Å². The van der Waals surface area contributed by atoms with E-state index in [1.165, 1.54) is 5.56 Å². The third-order valence-corrected chi connectivity index (χ3v) is 3.44. The van der Waals surface area contributed by atoms with Gasteiger partial charge in [0.15, 0.2) is 0 Å². The maximum Gasteiger partial charge on any atom is 0.127 e. The molecule has 0 aliphatic heterocycles. The van der Waals surface area contributed by atoms with E-state index in [4.69, 9.17) is 10.7 Å². The van der Waals surface area contributed by atoms with E-state index in [1.807, 2.05) is 17.7 Å². The quantitative estimate of drug-likeness (QED) is 0.896. The van der Waals surface area contributed by atoms with Gasteiger partial charge >= 0.3 is 0 Å². The molecule has 0 aliphatic carbocycles. The lowest BCUT2D eigenvalue weighted by atomic mass is 9.98. The van der Waals surface area contributed by atoms with Crippen LogP contribution in [0.5, 0.6) is 0 Å². The van der Waals surface area contributed by atoms with Crippen molar-refractivity contribution in [1.29, 1.82) is 0 Å². The zero-order valence-electron chi connectivity index (χ0n) is 11.4. The van der Waals surface area contributed by atoms with Crippen LogP contribution < -0.4 is 5.73 Å². The van der Waals surface area contributed by atoms with Gasteiger partial charge in [-0.1, -0.05) is 44.2 Å². The van der Waals surface area contributed by atoms with Crippen molar-refractivity contribution in [3.8, 4) is 0 Å². The Kier molecular flexibility index (Phi) is 3.70. The molecule has 1 unspecified atom stereocenters. The lowest BCUT2D eigenvalue weighted by Crippen LogP contribution is -2.03. The van der Waals surface area contributed by atoms with Gasteiger partial charge in [-0.05, 0) is 12.0 Å². The molecule has 1 atom stereocenters. The van der Waals surface area contributed by atoms with Crippen LogP contribution in [-0.4, -0.2) is 9.55 Å². The fraction of sp³-hybridized carbons (Fsp3) is 0.400. The zero-order chi connectivity index (χ0) is 13.1. The summed E-state index contributed by atoms with van der Waals surface area (Å²) in [6, 6.07) is 10.4. The lowest BCUT2D eigenvalue weighted by molar-refractivity contribution is 0.761. The van der Waals surface area contributed by atoms with Gasteiger partial charge in [0.05, 0.1) is 5.69 Å². The molecule has 0 saturated carbocycles. The molecule has 0 amide bonds. The number of nitrogen functional groups attached to an aromatic ring is 1. The van der Waals surface area contributed by atoms with Gasteiger partial charge in [0, 0.05) is 19.4 Å². The largest absolute Gasteiger partial charge is 0.384 e. The fourth-order valence-electron chi connectivity index (χ4n) is 2.25. The van der Waals surface area contributed by atoms with Crippen LogP contribution in [-0.2, 0) is 13.5 Å². The Morgan fingerprint density at radius 3 is 2.56 bits per heavy atom. The number of hydrogen-bond donors (Lipinski definition) is 1. The van der Waals surface area contributed by atoms with Crippen LogP contribution in [0.3, 0.4) is 0 Å². The molecule has 3 nitrogen and oxygen atoms in total. The third kappa shape index (κ3) is 2.26. The molecule has 0 aliphatic rings. The Balaban J connectivity index is 2.36. The SMILES string of the molecule is CCCc1nc(C(C)c2ccccc2)c(N)n1C. The van der Waals surface area contributed by atoms with Crippen LogP contribution in [0.4, 0.5) is 5.82 Å². The molecule has 0 fully saturated rings. The highest BCUT2D eigenvalue weighted by atomic mass is 15.1. The van der Waals surface area contributed by atoms with E-state index in [9.17, 15) is 0 Å². The Labute approximate surface area is 109 Å². The van der Waals surface area contributed by atoms with E-state index in [-0.39, 0.29) is 5.92 Å². The molecular formula is C15H21N3. The summed E-state index contributed by atoms with van der Waals surface area (Å²) in [4.78, 5) is 4.71. The van der Waals surface area contributed by atoms with Crippen molar-refractivity contribution in [3.63, 3.8) is 0 Å². The Hall–Kier alpha value is -1.77. The molecule has 0 saturated heterocycles. The number of aryl methyl sites for hydroxylation is 1. The summed E-state index contributed by atoms with van der Waals surface area (Å²) < 4.78 is 2.01. The summed E-state index contributed by atoms with van der Waals surface area (Å²) in [5, 5.41) is 0. The summed E-state index contributed by atoms with van der Waals surface area (Å²) in [6.45, 7) is 4.31. The van der Waals surface area contributed by atoms with Crippen LogP contribution in [0.15, 0.2) is 30.3 Å². The monoisotopic (exact) mass is 243 g/mol. The Morgan fingerprint density at radius 1 is 1.28 bits per heavy atom. The summed E-state index contributed by atoms with van der Waals surface area (Å²) in [6.07, 6.45) is 2.06. The molecule has 3 heteroatoms. The minimum absolute atomic E-state index is 0.239. The number of anilines is 1. The maximum absolute atomic E-state index is 6.17. The van der Waals surface area contributed by atoms with E-state index >= 15 is 0 Å². The normalized spacial score (nSPS) is 12.6. The fourth-order valence-corrected chi connectivity index (χ4v) is 2.25. The number of benzene rings is 1. The van der Waals surface area contributed by atoms with Crippen molar-refractivity contribution in [1.82, 2.24) is 9.55 Å². The van der Waals surface area contributed by atoms with Crippen molar-refractivity contribution in [2.75, 3.05) is 5.73 Å². The molecule has 0 spiro atoms. The van der Waals surface area contributed by atoms with Crippen LogP contribution in [0, 0.1) is 0 Å². The van der Waals surface area contributed by atoms with Crippen molar-refractivity contribution >= 4 is 5.82 Å². The molecule has 1 aromatic heterocycles. The van der Waals surface area contributed by atoms with Gasteiger partial charge in [-0.2, -0.15) is 0 Å². The van der Waals surface area contributed by atoms with Gasteiger partial charge in [-0.15, -0.1) is 0 Å². The van der Waals surface area contributed by atoms with Crippen molar-refractivity contribution in [2.24, 2.45) is 7.05 Å². The third-order valence-electron chi connectivity index (χ3n) is 3.44. The highest BCUT2D eigenvalue weighted by Crippen LogP contribution is 2.28. The summed E-state index contributed by atoms with van der Waals surface area (Å²) in [7, 11) is 1.99. The first-order valence-electron chi connectivity index (χ1n) is 6.51. The van der Waals surface area contributed by atoms with Gasteiger partial charge in [0.25, 0.3) is 0 Å². The molecule has 2 rings (SSSR count). The van der Waals surface area contributed by atoms with Crippen molar-refractivity contribution in [2.45, 2.75) is 32.6 Å². The minimum Gasteiger partial charge on any atom is -0.384 e. The number of nitrogens with two attached hydrogens (primary N) is 1. The first kappa shape index (κ1) is 12.7. The first-order valence-corrected chi connectivity index (χ1v) is 6.51. The molecule has 0 radical (unpaired) electrons.